The fourth-order valence-electron chi connectivity index (χ4n) is 1.35. The number of aromatic nitrogens is 1. The van der Waals surface area contributed by atoms with Gasteiger partial charge >= 0.3 is 0 Å². The first kappa shape index (κ1) is 13.9. The third kappa shape index (κ3) is 4.36. The van der Waals surface area contributed by atoms with Crippen LogP contribution in [0.4, 0.5) is 10.2 Å². The number of primary amides is 1. The second-order valence-electron chi connectivity index (χ2n) is 3.77. The molecule has 5 N–H and O–H groups in total. The van der Waals surface area contributed by atoms with Gasteiger partial charge in [0, 0.05) is 13.0 Å². The van der Waals surface area contributed by atoms with Crippen molar-refractivity contribution in [2.45, 2.75) is 19.3 Å². The summed E-state index contributed by atoms with van der Waals surface area (Å²) < 4.78 is 12.9. The van der Waals surface area contributed by atoms with Crippen LogP contribution < -0.4 is 16.8 Å². The molecule has 0 aromatic carbocycles. The van der Waals surface area contributed by atoms with Crippen molar-refractivity contribution in [1.29, 1.82) is 0 Å². The highest BCUT2D eigenvalue weighted by molar-refractivity contribution is 5.98. The smallest absolute Gasteiger partial charge is 0.255 e. The second-order valence-corrected chi connectivity index (χ2v) is 3.77. The Kier molecular flexibility index (Phi) is 5.04. The molecule has 0 aliphatic heterocycles. The van der Waals surface area contributed by atoms with E-state index in [2.05, 4.69) is 10.3 Å². The van der Waals surface area contributed by atoms with E-state index in [1.54, 1.807) is 0 Å². The first-order chi connectivity index (χ1) is 8.50. The highest BCUT2D eigenvalue weighted by Crippen LogP contribution is 2.09. The summed E-state index contributed by atoms with van der Waals surface area (Å²) in [4.78, 5) is 25.6. The van der Waals surface area contributed by atoms with E-state index in [1.807, 2.05) is 0 Å². The molecule has 0 aliphatic carbocycles. The van der Waals surface area contributed by atoms with Gasteiger partial charge in [-0.25, -0.2) is 9.37 Å². The average Bonchev–Trinajstić information content (AvgIpc) is 2.31. The minimum atomic E-state index is -0.622. The summed E-state index contributed by atoms with van der Waals surface area (Å²) in [7, 11) is 0. The molecule has 0 unspecified atom stereocenters. The van der Waals surface area contributed by atoms with Crippen molar-refractivity contribution in [3.05, 3.63) is 23.6 Å². The van der Waals surface area contributed by atoms with Crippen LogP contribution in [0.3, 0.4) is 0 Å². The van der Waals surface area contributed by atoms with E-state index in [-0.39, 0.29) is 23.7 Å². The molecule has 98 valence electrons. The summed E-state index contributed by atoms with van der Waals surface area (Å²) in [5.41, 5.74) is 10.4. The molecule has 1 rings (SSSR count). The Hall–Kier alpha value is -2.18. The van der Waals surface area contributed by atoms with Crippen molar-refractivity contribution < 1.29 is 14.0 Å². The second kappa shape index (κ2) is 6.53. The Morgan fingerprint density at radius 1 is 1.39 bits per heavy atom. The number of carbonyl (C=O) groups excluding carboxylic acids is 2. The van der Waals surface area contributed by atoms with Gasteiger partial charge in [-0.3, -0.25) is 9.59 Å². The summed E-state index contributed by atoms with van der Waals surface area (Å²) in [6, 6.07) is 1.03. The molecule has 6 nitrogen and oxygen atoms in total. The van der Waals surface area contributed by atoms with Gasteiger partial charge in [-0.2, -0.15) is 0 Å². The van der Waals surface area contributed by atoms with E-state index in [9.17, 15) is 14.0 Å². The van der Waals surface area contributed by atoms with Gasteiger partial charge in [0.25, 0.3) is 5.91 Å². The van der Waals surface area contributed by atoms with Crippen molar-refractivity contribution in [3.63, 3.8) is 0 Å². The molecule has 0 saturated heterocycles. The monoisotopic (exact) mass is 254 g/mol. The number of nitrogen functional groups attached to an aromatic ring is 1. The molecule has 1 aromatic rings. The molecule has 1 heterocycles. The Bertz CT molecular complexity index is 451. The summed E-state index contributed by atoms with van der Waals surface area (Å²) in [6.07, 6.45) is 2.42. The molecule has 7 heteroatoms. The number of amides is 2. The van der Waals surface area contributed by atoms with E-state index < -0.39 is 11.7 Å². The van der Waals surface area contributed by atoms with Gasteiger partial charge in [-0.15, -0.1) is 0 Å². The lowest BCUT2D eigenvalue weighted by molar-refractivity contribution is -0.118. The SMILES string of the molecule is NC(=O)CCCCNC(=O)c1cc(F)cnc1N. The summed E-state index contributed by atoms with van der Waals surface area (Å²) in [5, 5.41) is 2.56. The quantitative estimate of drug-likeness (QED) is 0.629. The fraction of sp³-hybridized carbons (Fsp3) is 0.364. The maximum absolute atomic E-state index is 12.9. The number of nitrogens with zero attached hydrogens (tertiary/aromatic N) is 1. The Morgan fingerprint density at radius 3 is 2.78 bits per heavy atom. The molecule has 2 amide bonds. The number of pyridine rings is 1. The van der Waals surface area contributed by atoms with Gasteiger partial charge in [-0.05, 0) is 18.9 Å². The van der Waals surface area contributed by atoms with Crippen LogP contribution in [0, 0.1) is 5.82 Å². The standard InChI is InChI=1S/C11H15FN4O2/c12-7-5-8(10(14)16-6-7)11(18)15-4-2-1-3-9(13)17/h5-6H,1-4H2,(H2,13,17)(H2,14,16)(H,15,18). The van der Waals surface area contributed by atoms with Crippen LogP contribution in [-0.4, -0.2) is 23.3 Å². The first-order valence-corrected chi connectivity index (χ1v) is 5.48. The topological polar surface area (TPSA) is 111 Å². The van der Waals surface area contributed by atoms with Gasteiger partial charge in [0.2, 0.25) is 5.91 Å². The predicted octanol–water partition coefficient (Wildman–Crippen LogP) is 0.188. The van der Waals surface area contributed by atoms with Crippen LogP contribution in [0.15, 0.2) is 12.3 Å². The van der Waals surface area contributed by atoms with Crippen LogP contribution in [0.2, 0.25) is 0 Å². The zero-order valence-corrected chi connectivity index (χ0v) is 9.78. The van der Waals surface area contributed by atoms with Crippen molar-refractivity contribution >= 4 is 17.6 Å². The fourth-order valence-corrected chi connectivity index (χ4v) is 1.35. The third-order valence-corrected chi connectivity index (χ3v) is 2.27. The lowest BCUT2D eigenvalue weighted by Gasteiger charge is -2.06. The number of hydrogen-bond acceptors (Lipinski definition) is 4. The summed E-state index contributed by atoms with van der Waals surface area (Å²) in [5.74, 6) is -1.51. The van der Waals surface area contributed by atoms with Gasteiger partial charge in [-0.1, -0.05) is 0 Å². The summed E-state index contributed by atoms with van der Waals surface area (Å²) >= 11 is 0. The number of hydrogen-bond donors (Lipinski definition) is 3. The van der Waals surface area contributed by atoms with E-state index in [4.69, 9.17) is 11.5 Å². The molecule has 0 saturated carbocycles. The summed E-state index contributed by atoms with van der Waals surface area (Å²) in [6.45, 7) is 0.363. The Balaban J connectivity index is 2.41. The highest BCUT2D eigenvalue weighted by atomic mass is 19.1. The first-order valence-electron chi connectivity index (χ1n) is 5.48. The van der Waals surface area contributed by atoms with Crippen molar-refractivity contribution in [3.8, 4) is 0 Å². The molecule has 0 spiro atoms. The van der Waals surface area contributed by atoms with Crippen LogP contribution >= 0.6 is 0 Å². The third-order valence-electron chi connectivity index (χ3n) is 2.27. The highest BCUT2D eigenvalue weighted by Gasteiger charge is 2.11. The molecular weight excluding hydrogens is 239 g/mol. The molecule has 0 atom stereocenters. The maximum Gasteiger partial charge on any atom is 0.255 e. The minimum Gasteiger partial charge on any atom is -0.383 e. The molecular formula is C11H15FN4O2. The largest absolute Gasteiger partial charge is 0.383 e. The Labute approximate surface area is 104 Å². The van der Waals surface area contributed by atoms with E-state index in [0.29, 0.717) is 19.4 Å². The number of unbranched alkanes of at least 4 members (excludes halogenated alkanes) is 1. The Morgan fingerprint density at radius 2 is 2.11 bits per heavy atom. The van der Waals surface area contributed by atoms with E-state index in [0.717, 1.165) is 12.3 Å². The lowest BCUT2D eigenvalue weighted by atomic mass is 10.2. The van der Waals surface area contributed by atoms with Gasteiger partial charge < -0.3 is 16.8 Å². The maximum atomic E-state index is 12.9. The van der Waals surface area contributed by atoms with E-state index in [1.165, 1.54) is 0 Å². The number of rotatable bonds is 6. The van der Waals surface area contributed by atoms with Gasteiger partial charge in [0.1, 0.15) is 11.6 Å². The molecule has 0 bridgehead atoms. The molecule has 0 aliphatic rings. The number of carbonyl (C=O) groups is 2. The molecule has 0 radical (unpaired) electrons. The molecule has 1 aromatic heterocycles. The zero-order valence-electron chi connectivity index (χ0n) is 9.78. The van der Waals surface area contributed by atoms with Crippen molar-refractivity contribution in [2.75, 3.05) is 12.3 Å². The van der Waals surface area contributed by atoms with Crippen LogP contribution in [0.5, 0.6) is 0 Å². The number of anilines is 1. The van der Waals surface area contributed by atoms with Gasteiger partial charge in [0.05, 0.1) is 11.8 Å². The average molecular weight is 254 g/mol. The van der Waals surface area contributed by atoms with Crippen molar-refractivity contribution in [2.24, 2.45) is 5.73 Å². The normalized spacial score (nSPS) is 10.1. The van der Waals surface area contributed by atoms with Gasteiger partial charge in [0.15, 0.2) is 0 Å². The van der Waals surface area contributed by atoms with Crippen LogP contribution in [-0.2, 0) is 4.79 Å². The van der Waals surface area contributed by atoms with E-state index >= 15 is 0 Å². The lowest BCUT2D eigenvalue weighted by Crippen LogP contribution is -2.26. The molecule has 18 heavy (non-hydrogen) atoms. The number of halogens is 1. The van der Waals surface area contributed by atoms with Crippen molar-refractivity contribution in [1.82, 2.24) is 10.3 Å². The molecule has 0 fully saturated rings. The zero-order chi connectivity index (χ0) is 13.5. The number of nitrogens with two attached hydrogens (primary N) is 2. The van der Waals surface area contributed by atoms with Crippen LogP contribution in [0.25, 0.3) is 0 Å². The minimum absolute atomic E-state index is 0.00454. The van der Waals surface area contributed by atoms with Crippen LogP contribution in [0.1, 0.15) is 29.6 Å². The number of nitrogens with one attached hydrogen (secondary N) is 1. The predicted molar refractivity (Wildman–Crippen MR) is 64.0 cm³/mol.